The molecule has 13 rings (SSSR count). The molecule has 4 saturated carbocycles. The fraction of sp³-hybridized carbons (Fsp3) is 0.192. The number of rotatable bonds is 5. The summed E-state index contributed by atoms with van der Waals surface area (Å²) < 4.78 is 2.64. The largest absolute Gasteiger partial charge is 0.310 e. The molecule has 54 heavy (non-hydrogen) atoms. The van der Waals surface area contributed by atoms with Gasteiger partial charge in [-0.25, -0.2) is 0 Å². The van der Waals surface area contributed by atoms with Gasteiger partial charge in [0.2, 0.25) is 0 Å². The Kier molecular flexibility index (Phi) is 6.55. The molecule has 1 spiro atoms. The van der Waals surface area contributed by atoms with Crippen molar-refractivity contribution in [1.29, 1.82) is 0 Å². The third kappa shape index (κ3) is 4.23. The summed E-state index contributed by atoms with van der Waals surface area (Å²) in [5, 5.41) is 2.69. The lowest BCUT2D eigenvalue weighted by Crippen LogP contribution is -2.57. The van der Waals surface area contributed by atoms with E-state index in [4.69, 9.17) is 0 Å². The average Bonchev–Trinajstić information content (AvgIpc) is 3.58. The van der Waals surface area contributed by atoms with E-state index in [9.17, 15) is 0 Å². The number of aromatic nitrogens is 1. The minimum absolute atomic E-state index is 0.0602. The summed E-state index contributed by atoms with van der Waals surface area (Å²) >= 11 is 0. The fourth-order valence-corrected chi connectivity index (χ4v) is 12.1. The monoisotopic (exact) mass is 694 g/mol. The maximum atomic E-state index is 2.64. The van der Waals surface area contributed by atoms with E-state index in [1.54, 1.807) is 11.1 Å². The van der Waals surface area contributed by atoms with Gasteiger partial charge in [0.15, 0.2) is 0 Å². The summed E-state index contributed by atoms with van der Waals surface area (Å²) in [5.41, 5.74) is 15.8. The van der Waals surface area contributed by atoms with Crippen molar-refractivity contribution in [1.82, 2.24) is 4.57 Å². The van der Waals surface area contributed by atoms with Crippen molar-refractivity contribution in [3.63, 3.8) is 0 Å². The van der Waals surface area contributed by atoms with Crippen LogP contribution in [0.2, 0.25) is 0 Å². The zero-order chi connectivity index (χ0) is 35.4. The second-order valence-electron chi connectivity index (χ2n) is 16.6. The summed E-state index contributed by atoms with van der Waals surface area (Å²) in [6.07, 6.45) is 6.95. The molecular formula is C52H42N2. The molecule has 1 aromatic heterocycles. The van der Waals surface area contributed by atoms with E-state index in [2.05, 4.69) is 179 Å². The van der Waals surface area contributed by atoms with E-state index >= 15 is 0 Å². The van der Waals surface area contributed by atoms with Gasteiger partial charge in [0.05, 0.1) is 22.4 Å². The standard InChI is InChI=1S/C52H42N2/c1-3-11-36(12-4-1)38-19-23-42(24-20-38)53(43-25-21-39(22-26-43)37-13-5-2-6-14-37)49-28-27-46-51-50(49)44-15-7-9-17-47(44)54(51)48-18-10-8-16-45(48)52(46)40-30-34-29-35(32-40)33-41(52)31-34/h1-28,34-35,40-41H,29-33H2. The first-order chi connectivity index (χ1) is 26.8. The molecule has 4 bridgehead atoms. The van der Waals surface area contributed by atoms with Gasteiger partial charge in [-0.2, -0.15) is 0 Å². The van der Waals surface area contributed by atoms with Crippen molar-refractivity contribution >= 4 is 38.9 Å². The molecule has 7 aromatic carbocycles. The number of hydrogen-bond acceptors (Lipinski definition) is 1. The number of anilines is 3. The molecule has 1 aliphatic heterocycles. The highest BCUT2D eigenvalue weighted by Crippen LogP contribution is 2.68. The molecule has 0 unspecified atom stereocenters. The molecule has 0 N–H and O–H groups in total. The van der Waals surface area contributed by atoms with Gasteiger partial charge in [-0.3, -0.25) is 0 Å². The maximum absolute atomic E-state index is 2.64. The highest BCUT2D eigenvalue weighted by Gasteiger charge is 2.61. The average molecular weight is 695 g/mol. The van der Waals surface area contributed by atoms with Crippen LogP contribution in [0.3, 0.4) is 0 Å². The number of fused-ring (bicyclic) bond motifs is 5. The van der Waals surface area contributed by atoms with Crippen molar-refractivity contribution in [2.75, 3.05) is 4.90 Å². The van der Waals surface area contributed by atoms with Crippen molar-refractivity contribution in [2.45, 2.75) is 37.5 Å². The zero-order valence-corrected chi connectivity index (χ0v) is 30.4. The SMILES string of the molecule is c1ccc(-c2ccc(N(c3ccc(-c4ccccc4)cc3)c3ccc4c5c3c3ccccc3n5-c3ccccc3C43C4CC5CC(C4)CC3C5)cc2)cc1. The summed E-state index contributed by atoms with van der Waals surface area (Å²) in [7, 11) is 0. The van der Waals surface area contributed by atoms with Crippen LogP contribution < -0.4 is 4.90 Å². The number of nitrogens with zero attached hydrogens (tertiary/aromatic N) is 2. The third-order valence-corrected chi connectivity index (χ3v) is 14.0. The molecule has 8 aromatic rings. The molecule has 5 aliphatic rings. The quantitative estimate of drug-likeness (QED) is 0.174. The Hall–Kier alpha value is -5.86. The van der Waals surface area contributed by atoms with E-state index in [1.807, 2.05) is 0 Å². The number of para-hydroxylation sites is 2. The highest BCUT2D eigenvalue weighted by molar-refractivity contribution is 6.18. The number of benzene rings is 7. The molecule has 2 heteroatoms. The van der Waals surface area contributed by atoms with Gasteiger partial charge >= 0.3 is 0 Å². The molecule has 4 aliphatic carbocycles. The van der Waals surface area contributed by atoms with Crippen LogP contribution >= 0.6 is 0 Å². The molecule has 260 valence electrons. The van der Waals surface area contributed by atoms with Gasteiger partial charge < -0.3 is 9.47 Å². The second kappa shape index (κ2) is 11.6. The third-order valence-electron chi connectivity index (χ3n) is 14.0. The Morgan fingerprint density at radius 3 is 1.57 bits per heavy atom. The van der Waals surface area contributed by atoms with Crippen LogP contribution in [0.15, 0.2) is 170 Å². The van der Waals surface area contributed by atoms with E-state index < -0.39 is 0 Å². The molecule has 0 amide bonds. The van der Waals surface area contributed by atoms with Crippen molar-refractivity contribution in [3.8, 4) is 27.9 Å². The van der Waals surface area contributed by atoms with Gasteiger partial charge in [0, 0.05) is 27.6 Å². The first kappa shape index (κ1) is 30.6. The maximum Gasteiger partial charge on any atom is 0.0603 e. The van der Waals surface area contributed by atoms with Gasteiger partial charge in [-0.05, 0) is 132 Å². The van der Waals surface area contributed by atoms with Crippen molar-refractivity contribution in [2.24, 2.45) is 23.7 Å². The number of hydrogen-bond donors (Lipinski definition) is 0. The van der Waals surface area contributed by atoms with Crippen LogP contribution in [-0.2, 0) is 5.41 Å². The predicted molar refractivity (Wildman–Crippen MR) is 224 cm³/mol. The smallest absolute Gasteiger partial charge is 0.0603 e. The minimum Gasteiger partial charge on any atom is -0.310 e. The summed E-state index contributed by atoms with van der Waals surface area (Å²) in [6.45, 7) is 0. The van der Waals surface area contributed by atoms with Gasteiger partial charge in [-0.15, -0.1) is 0 Å². The molecule has 4 fully saturated rings. The van der Waals surface area contributed by atoms with E-state index in [1.165, 1.54) is 87.5 Å². The summed E-state index contributed by atoms with van der Waals surface area (Å²) in [6, 6.07) is 63.6. The van der Waals surface area contributed by atoms with E-state index in [0.29, 0.717) is 11.8 Å². The Morgan fingerprint density at radius 1 is 0.444 bits per heavy atom. The lowest BCUT2D eigenvalue weighted by Gasteiger charge is -2.63. The summed E-state index contributed by atoms with van der Waals surface area (Å²) in [4.78, 5) is 2.52. The predicted octanol–water partition coefficient (Wildman–Crippen LogP) is 13.6. The molecule has 0 saturated heterocycles. The van der Waals surface area contributed by atoms with Crippen LogP contribution in [0.1, 0.15) is 43.2 Å². The van der Waals surface area contributed by atoms with Crippen LogP contribution in [0.5, 0.6) is 0 Å². The lowest BCUT2D eigenvalue weighted by molar-refractivity contribution is -0.0418. The first-order valence-electron chi connectivity index (χ1n) is 20.0. The molecule has 2 nitrogen and oxygen atoms in total. The molecular weight excluding hydrogens is 653 g/mol. The van der Waals surface area contributed by atoms with Gasteiger partial charge in [-0.1, -0.05) is 127 Å². The van der Waals surface area contributed by atoms with Gasteiger partial charge in [0.25, 0.3) is 0 Å². The van der Waals surface area contributed by atoms with Crippen LogP contribution in [-0.4, -0.2) is 4.57 Å². The Balaban J connectivity index is 1.13. The molecule has 0 radical (unpaired) electrons. The second-order valence-corrected chi connectivity index (χ2v) is 16.6. The minimum atomic E-state index is 0.0602. The van der Waals surface area contributed by atoms with Crippen LogP contribution in [0.4, 0.5) is 17.1 Å². The first-order valence-corrected chi connectivity index (χ1v) is 20.0. The molecule has 0 atom stereocenters. The van der Waals surface area contributed by atoms with E-state index in [0.717, 1.165) is 23.2 Å². The van der Waals surface area contributed by atoms with E-state index in [-0.39, 0.29) is 5.41 Å². The molecule has 2 heterocycles. The lowest BCUT2D eigenvalue weighted by atomic mass is 9.41. The van der Waals surface area contributed by atoms with Crippen molar-refractivity contribution < 1.29 is 0 Å². The van der Waals surface area contributed by atoms with Gasteiger partial charge in [0.1, 0.15) is 0 Å². The normalized spacial score (nSPS) is 23.3. The van der Waals surface area contributed by atoms with Crippen molar-refractivity contribution in [3.05, 3.63) is 181 Å². The Morgan fingerprint density at radius 2 is 0.963 bits per heavy atom. The Bertz CT molecular complexity index is 2590. The van der Waals surface area contributed by atoms with Crippen LogP contribution in [0.25, 0.3) is 49.7 Å². The van der Waals surface area contributed by atoms with Crippen LogP contribution in [0, 0.1) is 23.7 Å². The fourth-order valence-electron chi connectivity index (χ4n) is 12.1. The zero-order valence-electron chi connectivity index (χ0n) is 30.4. The highest BCUT2D eigenvalue weighted by atomic mass is 15.1. The Labute approximate surface area is 317 Å². The topological polar surface area (TPSA) is 8.17 Å². The summed E-state index contributed by atoms with van der Waals surface area (Å²) in [5.74, 6) is 3.20.